The maximum absolute atomic E-state index is 12.6. The summed E-state index contributed by atoms with van der Waals surface area (Å²) in [4.78, 5) is 18.1. The smallest absolute Gasteiger partial charge is 0.233 e. The van der Waals surface area contributed by atoms with Crippen LogP contribution in [0.2, 0.25) is 0 Å². The van der Waals surface area contributed by atoms with E-state index in [-0.39, 0.29) is 5.91 Å². The third-order valence-corrected chi connectivity index (χ3v) is 5.91. The molecule has 0 saturated carbocycles. The van der Waals surface area contributed by atoms with Gasteiger partial charge in [-0.3, -0.25) is 4.79 Å². The predicted molar refractivity (Wildman–Crippen MR) is 108 cm³/mol. The number of hydrogen-bond acceptors (Lipinski definition) is 4. The summed E-state index contributed by atoms with van der Waals surface area (Å²) in [7, 11) is 1.68. The molecule has 1 fully saturated rings. The number of hydrogen-bond donors (Lipinski definition) is 0. The normalized spacial score (nSPS) is 14.4. The number of ether oxygens (including phenoxy) is 1. The zero-order valence-electron chi connectivity index (χ0n) is 15.7. The van der Waals surface area contributed by atoms with Crippen molar-refractivity contribution >= 4 is 23.4 Å². The van der Waals surface area contributed by atoms with Gasteiger partial charge >= 0.3 is 0 Å². The maximum Gasteiger partial charge on any atom is 0.233 e. The van der Waals surface area contributed by atoms with E-state index in [9.17, 15) is 4.79 Å². The third kappa shape index (κ3) is 4.52. The van der Waals surface area contributed by atoms with Crippen LogP contribution in [-0.2, 0) is 4.79 Å². The van der Waals surface area contributed by atoms with Gasteiger partial charge in [0.05, 0.1) is 12.9 Å². The highest BCUT2D eigenvalue weighted by atomic mass is 32.2. The monoisotopic (exact) mass is 370 g/mol. The van der Waals surface area contributed by atoms with Gasteiger partial charge in [0.2, 0.25) is 5.91 Å². The molecule has 0 N–H and O–H groups in total. The van der Waals surface area contributed by atoms with Crippen molar-refractivity contribution < 1.29 is 9.53 Å². The Labute approximate surface area is 160 Å². The first kappa shape index (κ1) is 18.6. The van der Waals surface area contributed by atoms with Crippen LogP contribution in [0.15, 0.2) is 47.4 Å². The van der Waals surface area contributed by atoms with E-state index in [1.807, 2.05) is 17.0 Å². The Balaban J connectivity index is 1.50. The first-order valence-corrected chi connectivity index (χ1v) is 9.92. The van der Waals surface area contributed by atoms with E-state index < -0.39 is 0 Å². The minimum absolute atomic E-state index is 0.227. The minimum atomic E-state index is 0.227. The molecule has 138 valence electrons. The molecule has 0 aliphatic carbocycles. The van der Waals surface area contributed by atoms with Gasteiger partial charge in [-0.1, -0.05) is 17.7 Å². The van der Waals surface area contributed by atoms with Crippen molar-refractivity contribution in [3.63, 3.8) is 0 Å². The number of carbonyl (C=O) groups is 1. The molecule has 2 aromatic carbocycles. The van der Waals surface area contributed by atoms with Crippen LogP contribution in [0, 0.1) is 13.8 Å². The number of methoxy groups -OCH3 is 1. The van der Waals surface area contributed by atoms with Crippen LogP contribution in [0.5, 0.6) is 5.75 Å². The summed E-state index contributed by atoms with van der Waals surface area (Å²) < 4.78 is 5.21. The van der Waals surface area contributed by atoms with Crippen LogP contribution in [-0.4, -0.2) is 49.8 Å². The summed E-state index contributed by atoms with van der Waals surface area (Å²) in [6, 6.07) is 14.5. The maximum atomic E-state index is 12.6. The minimum Gasteiger partial charge on any atom is -0.497 e. The number of benzene rings is 2. The summed E-state index contributed by atoms with van der Waals surface area (Å²) >= 11 is 1.65. The molecule has 4 nitrogen and oxygen atoms in total. The van der Waals surface area contributed by atoms with Gasteiger partial charge in [-0.15, -0.1) is 11.8 Å². The largest absolute Gasteiger partial charge is 0.497 e. The number of piperazine rings is 1. The molecule has 0 radical (unpaired) electrons. The fraction of sp³-hybridized carbons (Fsp3) is 0.381. The zero-order valence-corrected chi connectivity index (χ0v) is 16.5. The predicted octanol–water partition coefficient (Wildman–Crippen LogP) is 3.75. The Morgan fingerprint density at radius 2 is 1.73 bits per heavy atom. The van der Waals surface area contributed by atoms with E-state index in [0.717, 1.165) is 31.9 Å². The van der Waals surface area contributed by atoms with Crippen molar-refractivity contribution in [1.82, 2.24) is 4.90 Å². The lowest BCUT2D eigenvalue weighted by atomic mass is 10.2. The lowest BCUT2D eigenvalue weighted by molar-refractivity contribution is -0.128. The first-order valence-electron chi connectivity index (χ1n) is 8.93. The molecule has 0 atom stereocenters. The van der Waals surface area contributed by atoms with E-state index in [2.05, 4.69) is 49.1 Å². The van der Waals surface area contributed by atoms with Crippen LogP contribution >= 0.6 is 11.8 Å². The first-order chi connectivity index (χ1) is 12.6. The quantitative estimate of drug-likeness (QED) is 0.751. The van der Waals surface area contributed by atoms with Gasteiger partial charge < -0.3 is 14.5 Å². The van der Waals surface area contributed by atoms with Crippen molar-refractivity contribution in [3.05, 3.63) is 53.6 Å². The number of amides is 1. The Morgan fingerprint density at radius 1 is 1.04 bits per heavy atom. The Hall–Kier alpha value is -2.14. The molecule has 1 saturated heterocycles. The number of thioether (sulfide) groups is 1. The highest BCUT2D eigenvalue weighted by Crippen LogP contribution is 2.25. The summed E-state index contributed by atoms with van der Waals surface area (Å²) in [6.45, 7) is 7.47. The highest BCUT2D eigenvalue weighted by molar-refractivity contribution is 8.00. The highest BCUT2D eigenvalue weighted by Gasteiger charge is 2.21. The Bertz CT molecular complexity index is 753. The molecule has 0 unspecified atom stereocenters. The summed E-state index contributed by atoms with van der Waals surface area (Å²) in [6.07, 6.45) is 0. The van der Waals surface area contributed by atoms with Gasteiger partial charge in [0.15, 0.2) is 0 Å². The fourth-order valence-electron chi connectivity index (χ4n) is 3.10. The van der Waals surface area contributed by atoms with Crippen molar-refractivity contribution in [2.45, 2.75) is 18.7 Å². The van der Waals surface area contributed by atoms with Crippen LogP contribution in [0.3, 0.4) is 0 Å². The van der Waals surface area contributed by atoms with Gasteiger partial charge in [-0.25, -0.2) is 0 Å². The van der Waals surface area contributed by atoms with E-state index in [4.69, 9.17) is 4.74 Å². The molecule has 1 amide bonds. The fourth-order valence-corrected chi connectivity index (χ4v) is 4.13. The number of carbonyl (C=O) groups excluding carboxylic acids is 1. The van der Waals surface area contributed by atoms with Gasteiger partial charge in [-0.2, -0.15) is 0 Å². The van der Waals surface area contributed by atoms with Crippen molar-refractivity contribution in [2.24, 2.45) is 0 Å². The molecule has 1 aliphatic rings. The average Bonchev–Trinajstić information content (AvgIpc) is 2.68. The van der Waals surface area contributed by atoms with Crippen LogP contribution < -0.4 is 9.64 Å². The Kier molecular flexibility index (Phi) is 6.09. The third-order valence-electron chi connectivity index (χ3n) is 4.76. The topological polar surface area (TPSA) is 32.8 Å². The Morgan fingerprint density at radius 3 is 2.38 bits per heavy atom. The number of rotatable bonds is 5. The van der Waals surface area contributed by atoms with E-state index in [0.29, 0.717) is 5.75 Å². The molecule has 0 aromatic heterocycles. The summed E-state index contributed by atoms with van der Waals surface area (Å²) in [5.74, 6) is 1.60. The van der Waals surface area contributed by atoms with Gasteiger partial charge in [0.1, 0.15) is 5.75 Å². The molecule has 5 heteroatoms. The van der Waals surface area contributed by atoms with Gasteiger partial charge in [-0.05, 0) is 49.7 Å². The zero-order chi connectivity index (χ0) is 18.5. The molecule has 0 spiro atoms. The standard InChI is InChI=1S/C21H26N2O2S/c1-16-4-5-17(2)20(14-16)26-15-21(24)23-12-10-22(11-13-23)18-6-8-19(25-3)9-7-18/h4-9,14H,10-13,15H2,1-3H3. The average molecular weight is 371 g/mol. The molecule has 1 aliphatic heterocycles. The molecule has 2 aromatic rings. The van der Waals surface area contributed by atoms with Gasteiger partial charge in [0.25, 0.3) is 0 Å². The second-order valence-electron chi connectivity index (χ2n) is 6.62. The summed E-state index contributed by atoms with van der Waals surface area (Å²) in [5.41, 5.74) is 3.65. The van der Waals surface area contributed by atoms with Crippen LogP contribution in [0.4, 0.5) is 5.69 Å². The lowest BCUT2D eigenvalue weighted by Gasteiger charge is -2.36. The van der Waals surface area contributed by atoms with Crippen LogP contribution in [0.25, 0.3) is 0 Å². The van der Waals surface area contributed by atoms with Crippen molar-refractivity contribution in [2.75, 3.05) is 43.9 Å². The van der Waals surface area contributed by atoms with Crippen molar-refractivity contribution in [3.8, 4) is 5.75 Å². The lowest BCUT2D eigenvalue weighted by Crippen LogP contribution is -2.49. The molecule has 3 rings (SSSR count). The molecule has 1 heterocycles. The second-order valence-corrected chi connectivity index (χ2v) is 7.64. The van der Waals surface area contributed by atoms with E-state index in [1.165, 1.54) is 21.7 Å². The van der Waals surface area contributed by atoms with E-state index >= 15 is 0 Å². The van der Waals surface area contributed by atoms with Crippen molar-refractivity contribution in [1.29, 1.82) is 0 Å². The van der Waals surface area contributed by atoms with Gasteiger partial charge in [0, 0.05) is 36.8 Å². The number of aryl methyl sites for hydroxylation is 2. The SMILES string of the molecule is COc1ccc(N2CCN(C(=O)CSc3cc(C)ccc3C)CC2)cc1. The summed E-state index contributed by atoms with van der Waals surface area (Å²) in [5, 5.41) is 0. The molecule has 0 bridgehead atoms. The molecular formula is C21H26N2O2S. The van der Waals surface area contributed by atoms with Crippen LogP contribution in [0.1, 0.15) is 11.1 Å². The second kappa shape index (κ2) is 8.49. The number of anilines is 1. The molecular weight excluding hydrogens is 344 g/mol. The molecule has 26 heavy (non-hydrogen) atoms. The van der Waals surface area contributed by atoms with E-state index in [1.54, 1.807) is 18.9 Å². The number of nitrogens with zero attached hydrogens (tertiary/aromatic N) is 2.